The number of hydrogen-bond acceptors (Lipinski definition) is 4. The van der Waals surface area contributed by atoms with E-state index in [9.17, 15) is 4.79 Å². The third-order valence-electron chi connectivity index (χ3n) is 2.48. The van der Waals surface area contributed by atoms with E-state index in [0.29, 0.717) is 16.7 Å². The summed E-state index contributed by atoms with van der Waals surface area (Å²) in [4.78, 5) is 19.1. The van der Waals surface area contributed by atoms with Crippen molar-refractivity contribution in [2.75, 3.05) is 6.54 Å². The Bertz CT molecular complexity index is 615. The van der Waals surface area contributed by atoms with Crippen LogP contribution in [0.15, 0.2) is 45.3 Å². The summed E-state index contributed by atoms with van der Waals surface area (Å²) in [6, 6.07) is 7.11. The molecule has 0 fully saturated rings. The number of H-pyrrole nitrogens is 1. The second-order valence-electron chi connectivity index (χ2n) is 3.84. The highest BCUT2D eigenvalue weighted by molar-refractivity contribution is 7.99. The van der Waals surface area contributed by atoms with E-state index in [2.05, 4.69) is 15.3 Å². The van der Waals surface area contributed by atoms with Gasteiger partial charge in [-0.15, -0.1) is 0 Å². The van der Waals surface area contributed by atoms with Crippen LogP contribution in [0.25, 0.3) is 0 Å². The number of rotatable bonds is 5. The molecule has 0 aliphatic rings. The Kier molecular flexibility index (Phi) is 5.01. The van der Waals surface area contributed by atoms with Crippen molar-refractivity contribution in [3.05, 3.63) is 51.4 Å². The minimum absolute atomic E-state index is 0.159. The molecule has 0 aliphatic carbocycles. The molecule has 0 bridgehead atoms. The third-order valence-corrected chi connectivity index (χ3v) is 3.84. The van der Waals surface area contributed by atoms with Crippen LogP contribution in [0, 0.1) is 0 Å². The fourth-order valence-corrected chi connectivity index (χ4v) is 2.79. The van der Waals surface area contributed by atoms with Gasteiger partial charge in [0.15, 0.2) is 5.16 Å². The van der Waals surface area contributed by atoms with Crippen LogP contribution in [0.1, 0.15) is 12.5 Å². The fraction of sp³-hybridized carbons (Fsp3) is 0.231. The van der Waals surface area contributed by atoms with Crippen LogP contribution in [0.3, 0.4) is 0 Å². The van der Waals surface area contributed by atoms with Gasteiger partial charge >= 0.3 is 0 Å². The predicted molar refractivity (Wildman–Crippen MR) is 77.8 cm³/mol. The highest BCUT2D eigenvalue weighted by Gasteiger charge is 2.09. The maximum Gasteiger partial charge on any atom is 0.251 e. The number of nitrogens with one attached hydrogen (secondary N) is 2. The SMILES string of the molecule is CCNCc1c(Cl)cccc1Sc1nccc(=O)[nH]1. The minimum atomic E-state index is -0.159. The fourth-order valence-electron chi connectivity index (χ4n) is 1.56. The van der Waals surface area contributed by atoms with Crippen LogP contribution in [0.5, 0.6) is 0 Å². The average molecular weight is 296 g/mol. The van der Waals surface area contributed by atoms with E-state index in [-0.39, 0.29) is 5.56 Å². The van der Waals surface area contributed by atoms with Gasteiger partial charge in [-0.3, -0.25) is 4.79 Å². The van der Waals surface area contributed by atoms with Gasteiger partial charge in [0, 0.05) is 28.7 Å². The van der Waals surface area contributed by atoms with Gasteiger partial charge in [0.1, 0.15) is 0 Å². The number of nitrogens with zero attached hydrogens (tertiary/aromatic N) is 1. The standard InChI is InChI=1S/C13H14ClN3OS/c1-2-15-8-9-10(14)4-3-5-11(9)19-13-16-7-6-12(18)17-13/h3-7,15H,2,8H2,1H3,(H,16,17,18). The molecule has 2 rings (SSSR count). The van der Waals surface area contributed by atoms with Crippen LogP contribution in [-0.2, 0) is 6.54 Å². The molecule has 2 N–H and O–H groups in total. The molecule has 0 saturated heterocycles. The second kappa shape index (κ2) is 6.75. The maximum atomic E-state index is 11.3. The topological polar surface area (TPSA) is 57.8 Å². The summed E-state index contributed by atoms with van der Waals surface area (Å²) in [5.41, 5.74) is 0.857. The zero-order chi connectivity index (χ0) is 13.7. The number of benzene rings is 1. The lowest BCUT2D eigenvalue weighted by Crippen LogP contribution is -2.13. The van der Waals surface area contributed by atoms with Crippen molar-refractivity contribution in [1.82, 2.24) is 15.3 Å². The van der Waals surface area contributed by atoms with E-state index in [4.69, 9.17) is 11.6 Å². The summed E-state index contributed by atoms with van der Waals surface area (Å²) >= 11 is 7.62. The van der Waals surface area contributed by atoms with E-state index in [1.165, 1.54) is 24.0 Å². The van der Waals surface area contributed by atoms with Crippen molar-refractivity contribution in [3.8, 4) is 0 Å². The van der Waals surface area contributed by atoms with Crippen molar-refractivity contribution in [1.29, 1.82) is 0 Å². The monoisotopic (exact) mass is 295 g/mol. The van der Waals surface area contributed by atoms with Gasteiger partial charge in [0.05, 0.1) is 0 Å². The summed E-state index contributed by atoms with van der Waals surface area (Å²) in [5, 5.41) is 4.53. The molecule has 19 heavy (non-hydrogen) atoms. The smallest absolute Gasteiger partial charge is 0.251 e. The molecule has 4 nitrogen and oxygen atoms in total. The van der Waals surface area contributed by atoms with Gasteiger partial charge in [-0.1, -0.05) is 36.4 Å². The zero-order valence-corrected chi connectivity index (χ0v) is 12.0. The zero-order valence-electron chi connectivity index (χ0n) is 10.4. The number of halogens is 1. The first kappa shape index (κ1) is 14.1. The molecule has 0 unspecified atom stereocenters. The lowest BCUT2D eigenvalue weighted by molar-refractivity contribution is 0.718. The van der Waals surface area contributed by atoms with E-state index in [1.807, 2.05) is 25.1 Å². The van der Waals surface area contributed by atoms with Crippen molar-refractivity contribution < 1.29 is 0 Å². The van der Waals surface area contributed by atoms with Gasteiger partial charge < -0.3 is 10.3 Å². The Hall–Kier alpha value is -1.30. The Morgan fingerprint density at radius 3 is 3.00 bits per heavy atom. The van der Waals surface area contributed by atoms with Crippen molar-refractivity contribution in [3.63, 3.8) is 0 Å². The lowest BCUT2D eigenvalue weighted by atomic mass is 10.2. The van der Waals surface area contributed by atoms with Gasteiger partial charge in [-0.25, -0.2) is 4.98 Å². The van der Waals surface area contributed by atoms with E-state index in [1.54, 1.807) is 0 Å². The molecule has 0 aliphatic heterocycles. The highest BCUT2D eigenvalue weighted by Crippen LogP contribution is 2.31. The molecule has 2 aromatic rings. The Morgan fingerprint density at radius 2 is 2.26 bits per heavy atom. The van der Waals surface area contributed by atoms with Crippen molar-refractivity contribution in [2.45, 2.75) is 23.5 Å². The van der Waals surface area contributed by atoms with Crippen molar-refractivity contribution in [2.24, 2.45) is 0 Å². The molecule has 0 amide bonds. The molecule has 1 heterocycles. The molecule has 6 heteroatoms. The molecule has 1 aromatic carbocycles. The van der Waals surface area contributed by atoms with Crippen LogP contribution >= 0.6 is 23.4 Å². The molecule has 0 saturated carbocycles. The summed E-state index contributed by atoms with van der Waals surface area (Å²) in [5.74, 6) is 0. The first-order valence-corrected chi connectivity index (χ1v) is 7.11. The number of aromatic nitrogens is 2. The minimum Gasteiger partial charge on any atom is -0.313 e. The van der Waals surface area contributed by atoms with E-state index < -0.39 is 0 Å². The van der Waals surface area contributed by atoms with E-state index >= 15 is 0 Å². The van der Waals surface area contributed by atoms with E-state index in [0.717, 1.165) is 17.0 Å². The average Bonchev–Trinajstić information content (AvgIpc) is 2.38. The van der Waals surface area contributed by atoms with Gasteiger partial charge in [0.2, 0.25) is 0 Å². The van der Waals surface area contributed by atoms with Gasteiger partial charge in [-0.05, 0) is 24.2 Å². The molecule has 0 spiro atoms. The maximum absolute atomic E-state index is 11.3. The molecule has 1 aromatic heterocycles. The van der Waals surface area contributed by atoms with Gasteiger partial charge in [-0.2, -0.15) is 0 Å². The normalized spacial score (nSPS) is 10.6. The first-order chi connectivity index (χ1) is 9.20. The second-order valence-corrected chi connectivity index (χ2v) is 5.28. The van der Waals surface area contributed by atoms with Crippen molar-refractivity contribution >= 4 is 23.4 Å². The molecular weight excluding hydrogens is 282 g/mol. The van der Waals surface area contributed by atoms with Gasteiger partial charge in [0.25, 0.3) is 5.56 Å². The Labute approximate surface area is 120 Å². The molecule has 0 radical (unpaired) electrons. The predicted octanol–water partition coefficient (Wildman–Crippen LogP) is 2.68. The van der Waals surface area contributed by atoms with Crippen LogP contribution < -0.4 is 10.9 Å². The lowest BCUT2D eigenvalue weighted by Gasteiger charge is -2.10. The summed E-state index contributed by atoms with van der Waals surface area (Å²) in [7, 11) is 0. The highest BCUT2D eigenvalue weighted by atomic mass is 35.5. The van der Waals surface area contributed by atoms with Crippen LogP contribution in [-0.4, -0.2) is 16.5 Å². The summed E-state index contributed by atoms with van der Waals surface area (Å²) in [6.45, 7) is 3.60. The molecule has 0 atom stereocenters. The third kappa shape index (κ3) is 3.83. The first-order valence-electron chi connectivity index (χ1n) is 5.92. The number of aromatic amines is 1. The molecule has 100 valence electrons. The van der Waals surface area contributed by atoms with Crippen LogP contribution in [0.2, 0.25) is 5.02 Å². The summed E-state index contributed by atoms with van der Waals surface area (Å²) in [6.07, 6.45) is 1.50. The van der Waals surface area contributed by atoms with Crippen LogP contribution in [0.4, 0.5) is 0 Å². The summed E-state index contributed by atoms with van der Waals surface area (Å²) < 4.78 is 0. The molecular formula is C13H14ClN3OS. The Balaban J connectivity index is 2.29. The Morgan fingerprint density at radius 1 is 1.42 bits per heavy atom. The largest absolute Gasteiger partial charge is 0.313 e. The quantitative estimate of drug-likeness (QED) is 0.833. The number of hydrogen-bond donors (Lipinski definition) is 2.